The second-order valence-corrected chi connectivity index (χ2v) is 9.93. The summed E-state index contributed by atoms with van der Waals surface area (Å²) in [6.45, 7) is 10.6. The molecular weight excluding hydrogens is 404 g/mol. The molecule has 8 heteroatoms. The third kappa shape index (κ3) is 5.46. The van der Waals surface area contributed by atoms with Gasteiger partial charge >= 0.3 is 5.97 Å². The minimum atomic E-state index is -3.79. The molecule has 0 aliphatic carbocycles. The zero-order valence-electron chi connectivity index (χ0n) is 18.3. The first kappa shape index (κ1) is 23.6. The van der Waals surface area contributed by atoms with E-state index in [9.17, 15) is 18.0 Å². The van der Waals surface area contributed by atoms with Crippen molar-refractivity contribution in [3.05, 3.63) is 58.1 Å². The van der Waals surface area contributed by atoms with Crippen molar-refractivity contribution < 1.29 is 22.7 Å². The highest BCUT2D eigenvalue weighted by molar-refractivity contribution is 7.89. The molecule has 0 atom stereocenters. The van der Waals surface area contributed by atoms with E-state index in [4.69, 9.17) is 4.74 Å². The van der Waals surface area contributed by atoms with Crippen molar-refractivity contribution in [2.45, 2.75) is 52.0 Å². The van der Waals surface area contributed by atoms with Crippen LogP contribution in [0.1, 0.15) is 58.2 Å². The highest BCUT2D eigenvalue weighted by Crippen LogP contribution is 2.23. The number of rotatable bonds is 5. The molecule has 162 valence electrons. The van der Waals surface area contributed by atoms with Gasteiger partial charge in [-0.3, -0.25) is 4.79 Å². The maximum absolute atomic E-state index is 12.9. The van der Waals surface area contributed by atoms with Gasteiger partial charge in [-0.05, 0) is 82.5 Å². The van der Waals surface area contributed by atoms with Crippen LogP contribution in [0.5, 0.6) is 0 Å². The first-order valence-electron chi connectivity index (χ1n) is 9.40. The molecule has 0 spiro atoms. The summed E-state index contributed by atoms with van der Waals surface area (Å²) in [5.74, 6) is -0.969. The maximum atomic E-state index is 12.9. The van der Waals surface area contributed by atoms with Gasteiger partial charge in [0.15, 0.2) is 0 Å². The van der Waals surface area contributed by atoms with Crippen molar-refractivity contribution in [3.8, 4) is 0 Å². The van der Waals surface area contributed by atoms with Gasteiger partial charge in [0, 0.05) is 16.8 Å². The Kier molecular flexibility index (Phi) is 6.73. The molecule has 0 aliphatic rings. The molecule has 0 aliphatic heterocycles. The van der Waals surface area contributed by atoms with Gasteiger partial charge in [0.25, 0.3) is 5.91 Å². The van der Waals surface area contributed by atoms with Crippen LogP contribution in [0.25, 0.3) is 0 Å². The summed E-state index contributed by atoms with van der Waals surface area (Å²) >= 11 is 0. The molecule has 0 radical (unpaired) electrons. The Labute approximate surface area is 177 Å². The van der Waals surface area contributed by atoms with Gasteiger partial charge in [-0.15, -0.1) is 0 Å². The van der Waals surface area contributed by atoms with Crippen LogP contribution in [-0.2, 0) is 14.8 Å². The zero-order valence-corrected chi connectivity index (χ0v) is 19.2. The number of hydrogen-bond acceptors (Lipinski definition) is 5. The van der Waals surface area contributed by atoms with Crippen LogP contribution in [0, 0.1) is 20.8 Å². The summed E-state index contributed by atoms with van der Waals surface area (Å²) in [5.41, 5.74) is 2.55. The first-order chi connectivity index (χ1) is 13.7. The first-order valence-corrected chi connectivity index (χ1v) is 10.9. The summed E-state index contributed by atoms with van der Waals surface area (Å²) in [5, 5.41) is 2.75. The predicted octanol–water partition coefficient (Wildman–Crippen LogP) is 3.73. The molecule has 0 unspecified atom stereocenters. The zero-order chi connectivity index (χ0) is 22.9. The van der Waals surface area contributed by atoms with E-state index in [1.807, 2.05) is 6.92 Å². The van der Waals surface area contributed by atoms with Crippen LogP contribution < -0.4 is 10.0 Å². The van der Waals surface area contributed by atoms with Crippen LogP contribution in [-0.4, -0.2) is 32.9 Å². The molecule has 2 rings (SSSR count). The minimum absolute atomic E-state index is 0.00325. The number of methoxy groups -OCH3 is 1. The number of amides is 1. The topological polar surface area (TPSA) is 102 Å². The Morgan fingerprint density at radius 2 is 1.57 bits per heavy atom. The van der Waals surface area contributed by atoms with E-state index in [1.54, 1.807) is 52.8 Å². The van der Waals surface area contributed by atoms with Crippen molar-refractivity contribution >= 4 is 27.6 Å². The average Bonchev–Trinajstić information content (AvgIpc) is 2.62. The van der Waals surface area contributed by atoms with Crippen LogP contribution in [0.3, 0.4) is 0 Å². The highest BCUT2D eigenvalue weighted by atomic mass is 32.2. The molecule has 2 aromatic carbocycles. The largest absolute Gasteiger partial charge is 0.465 e. The van der Waals surface area contributed by atoms with Gasteiger partial charge in [-0.1, -0.05) is 6.07 Å². The Bertz CT molecular complexity index is 1100. The van der Waals surface area contributed by atoms with Gasteiger partial charge in [0.1, 0.15) is 0 Å². The fraction of sp³-hybridized carbons (Fsp3) is 0.364. The Morgan fingerprint density at radius 3 is 2.13 bits per heavy atom. The minimum Gasteiger partial charge on any atom is -0.465 e. The predicted molar refractivity (Wildman–Crippen MR) is 116 cm³/mol. The lowest BCUT2D eigenvalue weighted by molar-refractivity contribution is 0.0599. The standard InChI is InChI=1S/C22H28N2O5S/c1-13-8-9-17(30(27,28)24-22(4,5)6)12-18(13)20(25)23-16-10-14(2)15(3)19(11-16)21(26)29-7/h8-12,24H,1-7H3,(H,23,25). The van der Waals surface area contributed by atoms with Crippen LogP contribution >= 0.6 is 0 Å². The average molecular weight is 433 g/mol. The van der Waals surface area contributed by atoms with Gasteiger partial charge in [0.2, 0.25) is 10.0 Å². The summed E-state index contributed by atoms with van der Waals surface area (Å²) in [6.07, 6.45) is 0. The lowest BCUT2D eigenvalue weighted by Crippen LogP contribution is -2.40. The molecule has 2 aromatic rings. The smallest absolute Gasteiger partial charge is 0.338 e. The molecule has 0 aromatic heterocycles. The lowest BCUT2D eigenvalue weighted by Gasteiger charge is -2.21. The molecule has 1 amide bonds. The SMILES string of the molecule is COC(=O)c1cc(NC(=O)c2cc(S(=O)(=O)NC(C)(C)C)ccc2C)cc(C)c1C. The van der Waals surface area contributed by atoms with Gasteiger partial charge in [-0.2, -0.15) is 0 Å². The van der Waals surface area contributed by atoms with Crippen LogP contribution in [0.2, 0.25) is 0 Å². The van der Waals surface area contributed by atoms with Crippen molar-refractivity contribution in [2.24, 2.45) is 0 Å². The quantitative estimate of drug-likeness (QED) is 0.701. The van der Waals surface area contributed by atoms with E-state index in [-0.39, 0.29) is 10.5 Å². The number of anilines is 1. The monoisotopic (exact) mass is 432 g/mol. The van der Waals surface area contributed by atoms with E-state index in [1.165, 1.54) is 19.2 Å². The number of ether oxygens (including phenoxy) is 1. The van der Waals surface area contributed by atoms with Crippen molar-refractivity contribution in [1.29, 1.82) is 0 Å². The number of carbonyl (C=O) groups excluding carboxylic acids is 2. The molecule has 30 heavy (non-hydrogen) atoms. The van der Waals surface area contributed by atoms with Crippen molar-refractivity contribution in [2.75, 3.05) is 12.4 Å². The fourth-order valence-corrected chi connectivity index (χ4v) is 4.37. The van der Waals surface area contributed by atoms with E-state index in [2.05, 4.69) is 10.0 Å². The van der Waals surface area contributed by atoms with Crippen molar-refractivity contribution in [3.63, 3.8) is 0 Å². The third-order valence-corrected chi connectivity index (χ3v) is 6.29. The van der Waals surface area contributed by atoms with Crippen molar-refractivity contribution in [1.82, 2.24) is 4.72 Å². The Balaban J connectivity index is 2.41. The van der Waals surface area contributed by atoms with Gasteiger partial charge in [-0.25, -0.2) is 17.9 Å². The number of benzene rings is 2. The molecule has 0 heterocycles. The maximum Gasteiger partial charge on any atom is 0.338 e. The number of sulfonamides is 1. The van der Waals surface area contributed by atoms with E-state index < -0.39 is 27.4 Å². The Hall–Kier alpha value is -2.71. The summed E-state index contributed by atoms with van der Waals surface area (Å²) in [7, 11) is -2.49. The number of aryl methyl sites for hydroxylation is 2. The summed E-state index contributed by atoms with van der Waals surface area (Å²) < 4.78 is 32.6. The highest BCUT2D eigenvalue weighted by Gasteiger charge is 2.24. The molecule has 2 N–H and O–H groups in total. The second-order valence-electron chi connectivity index (χ2n) is 8.24. The van der Waals surface area contributed by atoms with Gasteiger partial charge in [0.05, 0.1) is 17.6 Å². The fourth-order valence-electron chi connectivity index (χ4n) is 2.93. The van der Waals surface area contributed by atoms with E-state index >= 15 is 0 Å². The molecular formula is C22H28N2O5S. The van der Waals surface area contributed by atoms with Gasteiger partial charge < -0.3 is 10.1 Å². The van der Waals surface area contributed by atoms with Crippen LogP contribution in [0.15, 0.2) is 35.2 Å². The number of esters is 1. The van der Waals surface area contributed by atoms with E-state index in [0.29, 0.717) is 16.8 Å². The number of nitrogens with one attached hydrogen (secondary N) is 2. The molecule has 0 saturated carbocycles. The molecule has 0 fully saturated rings. The number of hydrogen-bond donors (Lipinski definition) is 2. The second kappa shape index (κ2) is 8.57. The van der Waals surface area contributed by atoms with E-state index in [0.717, 1.165) is 11.1 Å². The normalized spacial score (nSPS) is 11.8. The number of carbonyl (C=O) groups is 2. The summed E-state index contributed by atoms with van der Waals surface area (Å²) in [6, 6.07) is 7.69. The molecule has 0 saturated heterocycles. The molecule has 7 nitrogen and oxygen atoms in total. The third-order valence-electron chi connectivity index (χ3n) is 4.54. The van der Waals surface area contributed by atoms with Crippen LogP contribution in [0.4, 0.5) is 5.69 Å². The molecule has 0 bridgehead atoms. The Morgan fingerprint density at radius 1 is 0.933 bits per heavy atom. The summed E-state index contributed by atoms with van der Waals surface area (Å²) in [4.78, 5) is 24.9. The lowest BCUT2D eigenvalue weighted by atomic mass is 10.0.